The Morgan fingerprint density at radius 2 is 2.00 bits per heavy atom. The number of carboxylic acids is 1. The van der Waals surface area contributed by atoms with Crippen molar-refractivity contribution in [2.45, 2.75) is 65.0 Å². The number of nitrogens with zero attached hydrogens (tertiary/aromatic N) is 2. The molecule has 116 valence electrons. The zero-order valence-corrected chi connectivity index (χ0v) is 12.9. The SMILES string of the molecule is Cc1noc(C)c1C(C)CC(=O)N(C1CC1)C(C)C(=O)O. The zero-order valence-electron chi connectivity index (χ0n) is 12.9. The highest BCUT2D eigenvalue weighted by atomic mass is 16.5. The summed E-state index contributed by atoms with van der Waals surface area (Å²) in [7, 11) is 0. The van der Waals surface area contributed by atoms with Crippen LogP contribution in [0.15, 0.2) is 4.52 Å². The number of hydrogen-bond acceptors (Lipinski definition) is 4. The maximum atomic E-state index is 12.5. The topological polar surface area (TPSA) is 83.6 Å². The lowest BCUT2D eigenvalue weighted by atomic mass is 9.95. The van der Waals surface area contributed by atoms with E-state index in [-0.39, 0.29) is 24.3 Å². The van der Waals surface area contributed by atoms with Gasteiger partial charge in [0.05, 0.1) is 5.69 Å². The highest BCUT2D eigenvalue weighted by Gasteiger charge is 2.38. The van der Waals surface area contributed by atoms with E-state index < -0.39 is 12.0 Å². The van der Waals surface area contributed by atoms with Gasteiger partial charge in [0.2, 0.25) is 5.91 Å². The molecule has 1 amide bonds. The fourth-order valence-electron chi connectivity index (χ4n) is 2.87. The number of aromatic nitrogens is 1. The summed E-state index contributed by atoms with van der Waals surface area (Å²) in [5, 5.41) is 13.1. The van der Waals surface area contributed by atoms with Gasteiger partial charge in [0.25, 0.3) is 0 Å². The molecule has 6 nitrogen and oxygen atoms in total. The van der Waals surface area contributed by atoms with Gasteiger partial charge in [-0.2, -0.15) is 0 Å². The van der Waals surface area contributed by atoms with Crippen LogP contribution < -0.4 is 0 Å². The summed E-state index contributed by atoms with van der Waals surface area (Å²) in [6, 6.07) is -0.692. The molecular weight excluding hydrogens is 272 g/mol. The van der Waals surface area contributed by atoms with E-state index in [9.17, 15) is 9.59 Å². The fraction of sp³-hybridized carbons (Fsp3) is 0.667. The van der Waals surface area contributed by atoms with Crippen molar-refractivity contribution in [2.24, 2.45) is 0 Å². The van der Waals surface area contributed by atoms with Crippen LogP contribution in [-0.4, -0.2) is 39.1 Å². The number of rotatable bonds is 6. The molecule has 0 spiro atoms. The molecule has 1 aliphatic carbocycles. The van der Waals surface area contributed by atoms with E-state index in [1.54, 1.807) is 6.92 Å². The molecular formula is C15H22N2O4. The Labute approximate surface area is 124 Å². The largest absolute Gasteiger partial charge is 0.480 e. The molecule has 0 aromatic carbocycles. The minimum Gasteiger partial charge on any atom is -0.480 e. The number of amides is 1. The van der Waals surface area contributed by atoms with Gasteiger partial charge in [0.1, 0.15) is 11.8 Å². The highest BCUT2D eigenvalue weighted by Crippen LogP contribution is 2.32. The molecule has 0 saturated heterocycles. The third-order valence-electron chi connectivity index (χ3n) is 4.07. The van der Waals surface area contributed by atoms with Gasteiger partial charge in [0, 0.05) is 18.0 Å². The van der Waals surface area contributed by atoms with Crippen molar-refractivity contribution >= 4 is 11.9 Å². The first-order valence-corrected chi connectivity index (χ1v) is 7.29. The number of aryl methyl sites for hydroxylation is 2. The summed E-state index contributed by atoms with van der Waals surface area (Å²) in [5.74, 6) is -0.386. The van der Waals surface area contributed by atoms with Crippen LogP contribution in [0.2, 0.25) is 0 Å². The molecule has 1 heterocycles. The smallest absolute Gasteiger partial charge is 0.326 e. The van der Waals surface area contributed by atoms with Crippen LogP contribution in [0.3, 0.4) is 0 Å². The van der Waals surface area contributed by atoms with Crippen molar-refractivity contribution < 1.29 is 19.2 Å². The van der Waals surface area contributed by atoms with Crippen molar-refractivity contribution in [1.29, 1.82) is 0 Å². The summed E-state index contributed by atoms with van der Waals surface area (Å²) in [6.45, 7) is 7.19. The van der Waals surface area contributed by atoms with E-state index in [4.69, 9.17) is 9.63 Å². The Morgan fingerprint density at radius 1 is 1.38 bits per heavy atom. The van der Waals surface area contributed by atoms with Gasteiger partial charge in [-0.15, -0.1) is 0 Å². The standard InChI is InChI=1S/C15H22N2O4/c1-8(14-9(2)16-21-11(14)4)7-13(18)17(12-5-6-12)10(3)15(19)20/h8,10,12H,5-7H2,1-4H3,(H,19,20). The van der Waals surface area contributed by atoms with Gasteiger partial charge >= 0.3 is 5.97 Å². The molecule has 1 saturated carbocycles. The molecule has 0 radical (unpaired) electrons. The Hall–Kier alpha value is -1.85. The predicted molar refractivity (Wildman–Crippen MR) is 76.0 cm³/mol. The third kappa shape index (κ3) is 3.25. The lowest BCUT2D eigenvalue weighted by Crippen LogP contribution is -2.45. The Balaban J connectivity index is 2.10. The maximum Gasteiger partial charge on any atom is 0.326 e. The molecule has 21 heavy (non-hydrogen) atoms. The highest BCUT2D eigenvalue weighted by molar-refractivity contribution is 5.84. The van der Waals surface area contributed by atoms with Crippen LogP contribution in [0.5, 0.6) is 0 Å². The van der Waals surface area contributed by atoms with Crippen LogP contribution in [-0.2, 0) is 9.59 Å². The first-order valence-electron chi connectivity index (χ1n) is 7.29. The van der Waals surface area contributed by atoms with Crippen molar-refractivity contribution in [1.82, 2.24) is 10.1 Å². The number of aliphatic carboxylic acids is 1. The Bertz CT molecular complexity index is 528. The monoisotopic (exact) mass is 294 g/mol. The van der Waals surface area contributed by atoms with Crippen molar-refractivity contribution in [3.63, 3.8) is 0 Å². The Kier molecular flexibility index (Phi) is 4.34. The zero-order chi connectivity index (χ0) is 15.7. The van der Waals surface area contributed by atoms with Gasteiger partial charge in [0.15, 0.2) is 0 Å². The number of carboxylic acid groups (broad SMARTS) is 1. The van der Waals surface area contributed by atoms with E-state index in [1.165, 1.54) is 4.90 Å². The van der Waals surface area contributed by atoms with Crippen LogP contribution in [0.25, 0.3) is 0 Å². The molecule has 2 atom stereocenters. The van der Waals surface area contributed by atoms with E-state index in [2.05, 4.69) is 5.16 Å². The Morgan fingerprint density at radius 3 is 2.43 bits per heavy atom. The quantitative estimate of drug-likeness (QED) is 0.870. The lowest BCUT2D eigenvalue weighted by Gasteiger charge is -2.27. The van der Waals surface area contributed by atoms with E-state index in [1.807, 2.05) is 20.8 Å². The summed E-state index contributed by atoms with van der Waals surface area (Å²) in [4.78, 5) is 25.2. The van der Waals surface area contributed by atoms with Gasteiger partial charge in [-0.3, -0.25) is 4.79 Å². The second-order valence-corrected chi connectivity index (χ2v) is 5.89. The van der Waals surface area contributed by atoms with Gasteiger partial charge in [-0.05, 0) is 39.5 Å². The van der Waals surface area contributed by atoms with Crippen LogP contribution in [0, 0.1) is 13.8 Å². The molecule has 1 aromatic heterocycles. The van der Waals surface area contributed by atoms with Crippen molar-refractivity contribution in [3.8, 4) is 0 Å². The maximum absolute atomic E-state index is 12.5. The predicted octanol–water partition coefficient (Wildman–Crippen LogP) is 2.25. The molecule has 1 aliphatic rings. The number of carbonyl (C=O) groups is 2. The fourth-order valence-corrected chi connectivity index (χ4v) is 2.87. The molecule has 1 N–H and O–H groups in total. The minimum absolute atomic E-state index is 0.0361. The van der Waals surface area contributed by atoms with E-state index >= 15 is 0 Å². The first-order chi connectivity index (χ1) is 9.82. The van der Waals surface area contributed by atoms with Gasteiger partial charge < -0.3 is 14.5 Å². The minimum atomic E-state index is -0.958. The summed E-state index contributed by atoms with van der Waals surface area (Å²) >= 11 is 0. The van der Waals surface area contributed by atoms with Crippen LogP contribution >= 0.6 is 0 Å². The van der Waals surface area contributed by atoms with Crippen LogP contribution in [0.4, 0.5) is 0 Å². The second kappa shape index (κ2) is 5.87. The number of hydrogen-bond donors (Lipinski definition) is 1. The molecule has 2 unspecified atom stereocenters. The molecule has 1 aromatic rings. The average Bonchev–Trinajstić information content (AvgIpc) is 3.15. The number of carbonyl (C=O) groups excluding carboxylic acids is 1. The molecule has 0 aliphatic heterocycles. The van der Waals surface area contributed by atoms with Crippen molar-refractivity contribution in [3.05, 3.63) is 17.0 Å². The molecule has 1 fully saturated rings. The third-order valence-corrected chi connectivity index (χ3v) is 4.07. The summed E-state index contributed by atoms with van der Waals surface area (Å²) in [6.07, 6.45) is 2.06. The molecule has 6 heteroatoms. The molecule has 2 rings (SSSR count). The van der Waals surface area contributed by atoms with Gasteiger partial charge in [-0.25, -0.2) is 4.79 Å². The first kappa shape index (κ1) is 15.5. The normalized spacial score (nSPS) is 17.3. The van der Waals surface area contributed by atoms with Crippen molar-refractivity contribution in [2.75, 3.05) is 0 Å². The second-order valence-electron chi connectivity index (χ2n) is 5.89. The van der Waals surface area contributed by atoms with Crippen LogP contribution in [0.1, 0.15) is 56.0 Å². The summed E-state index contributed by atoms with van der Waals surface area (Å²) < 4.78 is 5.13. The molecule has 0 bridgehead atoms. The summed E-state index contributed by atoms with van der Waals surface area (Å²) in [5.41, 5.74) is 1.74. The van der Waals surface area contributed by atoms with E-state index in [0.717, 1.165) is 29.9 Å². The average molecular weight is 294 g/mol. The van der Waals surface area contributed by atoms with E-state index in [0.29, 0.717) is 0 Å². The lowest BCUT2D eigenvalue weighted by molar-refractivity contribution is -0.150. The van der Waals surface area contributed by atoms with Gasteiger partial charge in [-0.1, -0.05) is 12.1 Å².